The molecule has 10 heavy (non-hydrogen) atoms. The lowest BCUT2D eigenvalue weighted by Gasteiger charge is -1.92. The molecule has 0 radical (unpaired) electrons. The first kappa shape index (κ1) is 7.55. The van der Waals surface area contributed by atoms with Crippen molar-refractivity contribution in [2.75, 3.05) is 0 Å². The molecule has 1 nitrogen and oxygen atoms in total. The lowest BCUT2D eigenvalue weighted by Crippen LogP contribution is -1.80. The number of nitrogens with zero attached hydrogens (tertiary/aromatic N) is 1. The molecule has 1 aromatic carbocycles. The molecular weight excluding hydrogens is 237 g/mol. The number of benzene rings is 1. The second-order valence-corrected chi connectivity index (χ2v) is 3.21. The molecule has 0 atom stereocenters. The second kappa shape index (κ2) is 3.57. The first-order chi connectivity index (χ1) is 4.83. The molecule has 1 rings (SSSR count). The van der Waals surface area contributed by atoms with E-state index in [2.05, 4.69) is 28.7 Å². The second-order valence-electron chi connectivity index (χ2n) is 1.96. The maximum Gasteiger partial charge on any atom is 0.0669 e. The van der Waals surface area contributed by atoms with Crippen molar-refractivity contribution in [2.45, 2.75) is 6.42 Å². The third kappa shape index (κ3) is 1.99. The van der Waals surface area contributed by atoms with Gasteiger partial charge in [-0.1, -0.05) is 12.1 Å². The Balaban J connectivity index is 2.87. The van der Waals surface area contributed by atoms with Gasteiger partial charge in [-0.05, 0) is 40.3 Å². The zero-order valence-corrected chi connectivity index (χ0v) is 7.50. The number of hydrogen-bond donors (Lipinski definition) is 0. The standard InChI is InChI=1S/C8H6IN/c9-8-3-1-2-7(6-8)4-5-10/h1-3,6H,4H2. The molecule has 0 bridgehead atoms. The van der Waals surface area contributed by atoms with Gasteiger partial charge in [-0.2, -0.15) is 5.26 Å². The molecule has 1 aromatic rings. The molecule has 0 spiro atoms. The number of hydrogen-bond acceptors (Lipinski definition) is 1. The van der Waals surface area contributed by atoms with E-state index in [0.717, 1.165) is 5.56 Å². The Bertz CT molecular complexity index is 262. The fourth-order valence-electron chi connectivity index (χ4n) is 0.738. The average molecular weight is 243 g/mol. The third-order valence-electron chi connectivity index (χ3n) is 1.17. The van der Waals surface area contributed by atoms with E-state index >= 15 is 0 Å². The molecule has 2 heteroatoms. The molecule has 0 aliphatic carbocycles. The maximum absolute atomic E-state index is 8.36. The minimum Gasteiger partial charge on any atom is -0.198 e. The monoisotopic (exact) mass is 243 g/mol. The molecular formula is C8H6IN. The average Bonchev–Trinajstić information content (AvgIpc) is 1.88. The van der Waals surface area contributed by atoms with E-state index in [9.17, 15) is 0 Å². The van der Waals surface area contributed by atoms with Crippen LogP contribution in [-0.4, -0.2) is 0 Å². The first-order valence-corrected chi connectivity index (χ1v) is 4.02. The van der Waals surface area contributed by atoms with E-state index in [-0.39, 0.29) is 0 Å². The van der Waals surface area contributed by atoms with Gasteiger partial charge in [0.2, 0.25) is 0 Å². The Morgan fingerprint density at radius 2 is 2.30 bits per heavy atom. The van der Waals surface area contributed by atoms with Gasteiger partial charge in [0.1, 0.15) is 0 Å². The Labute approximate surface area is 73.8 Å². The Kier molecular flexibility index (Phi) is 2.69. The van der Waals surface area contributed by atoms with Crippen LogP contribution in [0.25, 0.3) is 0 Å². The zero-order chi connectivity index (χ0) is 7.40. The Morgan fingerprint density at radius 1 is 1.50 bits per heavy atom. The Hall–Kier alpha value is -0.560. The summed E-state index contributed by atoms with van der Waals surface area (Å²) < 4.78 is 1.19. The van der Waals surface area contributed by atoms with Gasteiger partial charge in [0.05, 0.1) is 12.5 Å². The quantitative estimate of drug-likeness (QED) is 0.694. The molecule has 0 saturated heterocycles. The van der Waals surface area contributed by atoms with Gasteiger partial charge in [-0.3, -0.25) is 0 Å². The minimum atomic E-state index is 0.511. The van der Waals surface area contributed by atoms with Crippen LogP contribution in [0.3, 0.4) is 0 Å². The third-order valence-corrected chi connectivity index (χ3v) is 1.84. The molecule has 0 aliphatic rings. The van der Waals surface area contributed by atoms with E-state index in [0.29, 0.717) is 6.42 Å². The van der Waals surface area contributed by atoms with E-state index in [1.165, 1.54) is 3.57 Å². The van der Waals surface area contributed by atoms with Crippen molar-refractivity contribution in [2.24, 2.45) is 0 Å². The topological polar surface area (TPSA) is 23.8 Å². The number of halogens is 1. The lowest BCUT2D eigenvalue weighted by atomic mass is 10.2. The Morgan fingerprint density at radius 3 is 2.90 bits per heavy atom. The SMILES string of the molecule is N#CCc1cccc(I)c1. The van der Waals surface area contributed by atoms with Gasteiger partial charge in [0.15, 0.2) is 0 Å². The van der Waals surface area contributed by atoms with Crippen LogP contribution in [0.2, 0.25) is 0 Å². The number of nitriles is 1. The van der Waals surface area contributed by atoms with Gasteiger partial charge in [0.25, 0.3) is 0 Å². The van der Waals surface area contributed by atoms with Crippen LogP contribution in [0.15, 0.2) is 24.3 Å². The summed E-state index contributed by atoms with van der Waals surface area (Å²) in [4.78, 5) is 0. The summed E-state index contributed by atoms with van der Waals surface area (Å²) in [6.07, 6.45) is 0.511. The molecule has 50 valence electrons. The maximum atomic E-state index is 8.36. The van der Waals surface area contributed by atoms with Crippen LogP contribution < -0.4 is 0 Å². The van der Waals surface area contributed by atoms with E-state index < -0.39 is 0 Å². The zero-order valence-electron chi connectivity index (χ0n) is 5.34. The molecule has 0 N–H and O–H groups in total. The van der Waals surface area contributed by atoms with E-state index in [4.69, 9.17) is 5.26 Å². The lowest BCUT2D eigenvalue weighted by molar-refractivity contribution is 1.26. The van der Waals surface area contributed by atoms with Crippen molar-refractivity contribution in [1.82, 2.24) is 0 Å². The van der Waals surface area contributed by atoms with Gasteiger partial charge in [-0.25, -0.2) is 0 Å². The summed E-state index contributed by atoms with van der Waals surface area (Å²) in [6.45, 7) is 0. The first-order valence-electron chi connectivity index (χ1n) is 2.94. The number of rotatable bonds is 1. The largest absolute Gasteiger partial charge is 0.198 e. The predicted octanol–water partition coefficient (Wildman–Crippen LogP) is 2.36. The van der Waals surface area contributed by atoms with Crippen molar-refractivity contribution in [1.29, 1.82) is 5.26 Å². The molecule has 0 saturated carbocycles. The van der Waals surface area contributed by atoms with Crippen LogP contribution in [0.5, 0.6) is 0 Å². The predicted molar refractivity (Wildman–Crippen MR) is 48.5 cm³/mol. The highest BCUT2D eigenvalue weighted by Crippen LogP contribution is 2.07. The van der Waals surface area contributed by atoms with E-state index in [1.807, 2.05) is 24.3 Å². The van der Waals surface area contributed by atoms with Gasteiger partial charge in [-0.15, -0.1) is 0 Å². The summed E-state index contributed by atoms with van der Waals surface area (Å²) >= 11 is 2.24. The normalized spacial score (nSPS) is 8.80. The summed E-state index contributed by atoms with van der Waals surface area (Å²) in [6, 6.07) is 10.1. The minimum absolute atomic E-state index is 0.511. The molecule has 0 amide bonds. The molecule has 0 fully saturated rings. The fourth-order valence-corrected chi connectivity index (χ4v) is 1.35. The molecule has 0 aliphatic heterocycles. The molecule has 0 aromatic heterocycles. The van der Waals surface area contributed by atoms with Crippen molar-refractivity contribution >= 4 is 22.6 Å². The van der Waals surface area contributed by atoms with Crippen LogP contribution in [-0.2, 0) is 6.42 Å². The van der Waals surface area contributed by atoms with Gasteiger partial charge in [0, 0.05) is 3.57 Å². The van der Waals surface area contributed by atoms with E-state index in [1.54, 1.807) is 0 Å². The van der Waals surface area contributed by atoms with Crippen LogP contribution in [0.4, 0.5) is 0 Å². The highest BCUT2D eigenvalue weighted by atomic mass is 127. The van der Waals surface area contributed by atoms with Crippen LogP contribution in [0.1, 0.15) is 5.56 Å². The van der Waals surface area contributed by atoms with Crippen LogP contribution in [0, 0.1) is 14.9 Å². The highest BCUT2D eigenvalue weighted by molar-refractivity contribution is 14.1. The molecule has 0 heterocycles. The van der Waals surface area contributed by atoms with Gasteiger partial charge < -0.3 is 0 Å². The summed E-state index contributed by atoms with van der Waals surface area (Å²) in [7, 11) is 0. The van der Waals surface area contributed by atoms with Crippen molar-refractivity contribution in [3.05, 3.63) is 33.4 Å². The van der Waals surface area contributed by atoms with Crippen molar-refractivity contribution in [3.8, 4) is 6.07 Å². The van der Waals surface area contributed by atoms with Crippen LogP contribution >= 0.6 is 22.6 Å². The summed E-state index contributed by atoms with van der Waals surface area (Å²) in [5, 5.41) is 8.36. The van der Waals surface area contributed by atoms with Crippen molar-refractivity contribution < 1.29 is 0 Å². The summed E-state index contributed by atoms with van der Waals surface area (Å²) in [5.74, 6) is 0. The molecule has 0 unspecified atom stereocenters. The van der Waals surface area contributed by atoms with Gasteiger partial charge >= 0.3 is 0 Å². The summed E-state index contributed by atoms with van der Waals surface area (Å²) in [5.41, 5.74) is 1.09. The smallest absolute Gasteiger partial charge is 0.0669 e. The highest BCUT2D eigenvalue weighted by Gasteiger charge is 1.90. The van der Waals surface area contributed by atoms with Crippen molar-refractivity contribution in [3.63, 3.8) is 0 Å². The fraction of sp³-hybridized carbons (Fsp3) is 0.125.